The lowest BCUT2D eigenvalue weighted by Gasteiger charge is -2.24. The van der Waals surface area contributed by atoms with Crippen molar-refractivity contribution in [1.82, 2.24) is 5.32 Å². The van der Waals surface area contributed by atoms with Gasteiger partial charge >= 0.3 is 6.18 Å². The van der Waals surface area contributed by atoms with Crippen LogP contribution in [0.25, 0.3) is 10.1 Å². The van der Waals surface area contributed by atoms with E-state index in [1.165, 1.54) is 20.2 Å². The van der Waals surface area contributed by atoms with Crippen LogP contribution in [0.5, 0.6) is 5.75 Å². The molecule has 8 nitrogen and oxygen atoms in total. The number of ether oxygens (including phenoxy) is 2. The van der Waals surface area contributed by atoms with Crippen molar-refractivity contribution in [3.63, 3.8) is 0 Å². The number of hydrogen-bond acceptors (Lipinski definition) is 8. The molecule has 1 saturated heterocycles. The summed E-state index contributed by atoms with van der Waals surface area (Å²) in [5.74, 6) is 4.55. The maximum atomic E-state index is 14.6. The number of benzene rings is 2. The Morgan fingerprint density at radius 1 is 1.14 bits per heavy atom. The predicted molar refractivity (Wildman–Crippen MR) is 159 cm³/mol. The molecule has 2 aromatic carbocycles. The minimum atomic E-state index is -4.47. The predicted octanol–water partition coefficient (Wildman–Crippen LogP) is 4.98. The van der Waals surface area contributed by atoms with Crippen molar-refractivity contribution >= 4 is 48.5 Å². The molecule has 4 rings (SSSR count). The maximum absolute atomic E-state index is 14.6. The molecule has 0 spiro atoms. The van der Waals surface area contributed by atoms with Gasteiger partial charge in [0.2, 0.25) is 0 Å². The molecule has 3 aromatic rings. The van der Waals surface area contributed by atoms with Gasteiger partial charge < -0.3 is 25.4 Å². The van der Waals surface area contributed by atoms with Gasteiger partial charge in [0, 0.05) is 26.3 Å². The van der Waals surface area contributed by atoms with E-state index in [4.69, 9.17) is 9.47 Å². The van der Waals surface area contributed by atoms with Gasteiger partial charge in [-0.25, -0.2) is 12.8 Å². The Balaban J connectivity index is 1.60. The van der Waals surface area contributed by atoms with Crippen LogP contribution >= 0.6 is 11.3 Å². The number of halogens is 4. The van der Waals surface area contributed by atoms with E-state index < -0.39 is 34.2 Å². The maximum Gasteiger partial charge on any atom is 0.393 e. The van der Waals surface area contributed by atoms with Crippen LogP contribution in [0, 0.1) is 17.7 Å². The van der Waals surface area contributed by atoms with Gasteiger partial charge in [0.25, 0.3) is 5.91 Å². The number of thiophene rings is 1. The van der Waals surface area contributed by atoms with Gasteiger partial charge in [-0.1, -0.05) is 24.0 Å². The largest absolute Gasteiger partial charge is 0.489 e. The van der Waals surface area contributed by atoms with Crippen molar-refractivity contribution in [3.8, 4) is 17.6 Å². The van der Waals surface area contributed by atoms with E-state index in [0.717, 1.165) is 17.4 Å². The minimum absolute atomic E-state index is 0.0548. The lowest BCUT2D eigenvalue weighted by molar-refractivity contribution is -0.126. The van der Waals surface area contributed by atoms with Crippen LogP contribution < -0.4 is 20.7 Å². The molecule has 3 N–H and O–H groups in total. The molecule has 0 unspecified atom stereocenters. The molecule has 1 aromatic heterocycles. The highest BCUT2D eigenvalue weighted by Crippen LogP contribution is 2.39. The first-order valence-electron chi connectivity index (χ1n) is 13.4. The summed E-state index contributed by atoms with van der Waals surface area (Å²) in [4.78, 5) is 12.3. The van der Waals surface area contributed by atoms with Crippen molar-refractivity contribution in [2.75, 3.05) is 56.1 Å². The summed E-state index contributed by atoms with van der Waals surface area (Å²) in [5.41, 5.74) is 0.682. The van der Waals surface area contributed by atoms with Crippen LogP contribution in [-0.4, -0.2) is 72.0 Å². The number of alkyl halides is 3. The zero-order valence-electron chi connectivity index (χ0n) is 23.5. The molecule has 232 valence electrons. The second-order valence-corrected chi connectivity index (χ2v) is 13.2. The lowest BCUT2D eigenvalue weighted by Crippen LogP contribution is -2.32. The van der Waals surface area contributed by atoms with E-state index in [1.807, 2.05) is 0 Å². The summed E-state index contributed by atoms with van der Waals surface area (Å²) in [5, 5.41) is 9.02. The van der Waals surface area contributed by atoms with Crippen LogP contribution in [-0.2, 0) is 21.0 Å². The van der Waals surface area contributed by atoms with Crippen LogP contribution in [0.3, 0.4) is 0 Å². The number of nitrogens with one attached hydrogen (secondary N) is 3. The average molecular weight is 642 g/mol. The number of hydrogen-bond donors (Lipinski definition) is 3. The molecule has 0 aliphatic carbocycles. The summed E-state index contributed by atoms with van der Waals surface area (Å²) >= 11 is 1.13. The van der Waals surface area contributed by atoms with Gasteiger partial charge in [0.1, 0.15) is 28.0 Å². The number of carbonyl (C=O) groups excluding carboxylic acids is 1. The van der Waals surface area contributed by atoms with Gasteiger partial charge in [0.05, 0.1) is 57.6 Å². The van der Waals surface area contributed by atoms with E-state index >= 15 is 0 Å². The molecule has 2 heterocycles. The summed E-state index contributed by atoms with van der Waals surface area (Å²) in [6.45, 7) is 0.322. The number of amides is 1. The third-order valence-corrected chi connectivity index (χ3v) is 9.68. The highest BCUT2D eigenvalue weighted by atomic mass is 32.2. The Morgan fingerprint density at radius 3 is 2.56 bits per heavy atom. The first-order valence-corrected chi connectivity index (χ1v) is 16.0. The number of rotatable bonds is 10. The molecule has 0 atom stereocenters. The second kappa shape index (κ2) is 13.8. The van der Waals surface area contributed by atoms with Gasteiger partial charge in [0.15, 0.2) is 0 Å². The van der Waals surface area contributed by atoms with Gasteiger partial charge in [-0.3, -0.25) is 4.79 Å². The Morgan fingerprint density at radius 2 is 1.88 bits per heavy atom. The van der Waals surface area contributed by atoms with E-state index in [-0.39, 0.29) is 64.7 Å². The van der Waals surface area contributed by atoms with Crippen LogP contribution in [0.2, 0.25) is 0 Å². The summed E-state index contributed by atoms with van der Waals surface area (Å²) in [6, 6.07) is 7.28. The standard InChI is InChI=1S/C29H31F4N3O5S2/c1-34-28(37)20-15-25(41-12-11-40-2)24(16-22(20)30)35-10-4-7-26-21(17-29(31,32)33)19-5-3-6-23(27(19)42-26)36-18-8-13-43(38,39)14-9-18/h3,5-6,15-16,18,35-36H,8-14,17H2,1-2H3,(H,34,37). The third-order valence-electron chi connectivity index (χ3n) is 6.76. The normalized spacial score (nSPS) is 15.0. The van der Waals surface area contributed by atoms with Crippen molar-refractivity contribution in [3.05, 3.63) is 52.2 Å². The molecule has 1 amide bonds. The van der Waals surface area contributed by atoms with Crippen molar-refractivity contribution in [2.24, 2.45) is 0 Å². The summed E-state index contributed by atoms with van der Waals surface area (Å²) < 4.78 is 90.3. The molecule has 0 bridgehead atoms. The van der Waals surface area contributed by atoms with E-state index in [9.17, 15) is 30.8 Å². The monoisotopic (exact) mass is 641 g/mol. The van der Waals surface area contributed by atoms with Crippen molar-refractivity contribution in [1.29, 1.82) is 0 Å². The first kappa shape index (κ1) is 32.4. The zero-order valence-corrected chi connectivity index (χ0v) is 25.1. The number of sulfone groups is 1. The van der Waals surface area contributed by atoms with Crippen LogP contribution in [0.15, 0.2) is 30.3 Å². The fourth-order valence-electron chi connectivity index (χ4n) is 4.63. The Labute approximate surface area is 251 Å². The van der Waals surface area contributed by atoms with E-state index in [0.29, 0.717) is 28.6 Å². The van der Waals surface area contributed by atoms with Gasteiger partial charge in [-0.05, 0) is 35.9 Å². The molecule has 43 heavy (non-hydrogen) atoms. The Hall–Kier alpha value is -3.54. The van der Waals surface area contributed by atoms with E-state index in [1.54, 1.807) is 18.2 Å². The van der Waals surface area contributed by atoms with Crippen LogP contribution in [0.1, 0.15) is 33.6 Å². The molecule has 14 heteroatoms. The smallest absolute Gasteiger partial charge is 0.393 e. The van der Waals surface area contributed by atoms with Gasteiger partial charge in [-0.15, -0.1) is 11.3 Å². The third kappa shape index (κ3) is 8.52. The number of methoxy groups -OCH3 is 1. The SMILES string of the molecule is CNC(=O)c1cc(OCCOC)c(NCC#Cc2sc3c(NC4CCS(=O)(=O)CC4)cccc3c2CC(F)(F)F)cc1F. The highest BCUT2D eigenvalue weighted by molar-refractivity contribution is 7.91. The van der Waals surface area contributed by atoms with Crippen molar-refractivity contribution in [2.45, 2.75) is 31.5 Å². The fraction of sp³-hybridized carbons (Fsp3) is 0.414. The molecule has 1 fully saturated rings. The van der Waals surface area contributed by atoms with Crippen LogP contribution in [0.4, 0.5) is 28.9 Å². The van der Waals surface area contributed by atoms with E-state index in [2.05, 4.69) is 27.8 Å². The average Bonchev–Trinajstić information content (AvgIpc) is 3.29. The highest BCUT2D eigenvalue weighted by Gasteiger charge is 2.31. The molecular weight excluding hydrogens is 610 g/mol. The fourth-order valence-corrected chi connectivity index (χ4v) is 7.30. The lowest BCUT2D eigenvalue weighted by atomic mass is 10.1. The quantitative estimate of drug-likeness (QED) is 0.163. The van der Waals surface area contributed by atoms with Gasteiger partial charge in [-0.2, -0.15) is 13.2 Å². The minimum Gasteiger partial charge on any atom is -0.489 e. The molecule has 0 saturated carbocycles. The molecule has 0 radical (unpaired) electrons. The number of fused-ring (bicyclic) bond motifs is 1. The summed E-state index contributed by atoms with van der Waals surface area (Å²) in [7, 11) is -0.203. The summed E-state index contributed by atoms with van der Waals surface area (Å²) in [6.07, 6.45) is -4.80. The number of anilines is 2. The number of carbonyl (C=O) groups is 1. The Kier molecular flexibility index (Phi) is 10.4. The second-order valence-electron chi connectivity index (χ2n) is 9.86. The first-order chi connectivity index (χ1) is 20.4. The topological polar surface area (TPSA) is 106 Å². The zero-order chi connectivity index (χ0) is 31.2. The molecule has 1 aliphatic heterocycles. The molecular formula is C29H31F4N3O5S2. The van der Waals surface area contributed by atoms with Crippen molar-refractivity contribution < 1.29 is 40.2 Å². The Bertz CT molecular complexity index is 1630. The molecule has 1 aliphatic rings.